The van der Waals surface area contributed by atoms with E-state index in [9.17, 15) is 13.2 Å². The molecule has 13 heavy (non-hydrogen) atoms. The number of amides is 1. The lowest BCUT2D eigenvalue weighted by molar-refractivity contribution is 0.213. The van der Waals surface area contributed by atoms with Gasteiger partial charge in [-0.2, -0.15) is 8.42 Å². The van der Waals surface area contributed by atoms with E-state index >= 15 is 0 Å². The summed E-state index contributed by atoms with van der Waals surface area (Å²) < 4.78 is 25.9. The summed E-state index contributed by atoms with van der Waals surface area (Å²) in [7, 11) is -5.18. The molecule has 0 bridgehead atoms. The maximum Gasteiger partial charge on any atom is 0.420 e. The number of carbonyl (C=O) groups is 1. The Morgan fingerprint density at radius 2 is 1.85 bits per heavy atom. The minimum Gasteiger partial charge on any atom is -0.334 e. The molecule has 0 saturated heterocycles. The fourth-order valence-corrected chi connectivity index (χ4v) is 4.38. The lowest BCUT2D eigenvalue weighted by Gasteiger charge is -2.14. The van der Waals surface area contributed by atoms with Crippen molar-refractivity contribution in [3.05, 3.63) is 0 Å². The van der Waals surface area contributed by atoms with Crippen molar-refractivity contribution in [1.82, 2.24) is 0 Å². The predicted molar refractivity (Wildman–Crippen MR) is 52.6 cm³/mol. The van der Waals surface area contributed by atoms with E-state index in [0.29, 0.717) is 6.04 Å². The van der Waals surface area contributed by atoms with Gasteiger partial charge >= 0.3 is 16.2 Å². The smallest absolute Gasteiger partial charge is 0.334 e. The van der Waals surface area contributed by atoms with Crippen molar-refractivity contribution in [2.45, 2.75) is 25.7 Å². The number of nitrogens with two attached hydrogens (primary N) is 1. The van der Waals surface area contributed by atoms with Crippen molar-refractivity contribution >= 4 is 24.3 Å². The molecular formula is C6H15NO4SSi. The fourth-order valence-electron chi connectivity index (χ4n) is 0.598. The minimum absolute atomic E-state index is 0.133. The highest BCUT2D eigenvalue weighted by Gasteiger charge is 2.21. The highest BCUT2D eigenvalue weighted by atomic mass is 32.2. The van der Waals surface area contributed by atoms with Crippen LogP contribution in [0, 0.1) is 0 Å². The normalized spacial score (nSPS) is 12.5. The first-order valence-electron chi connectivity index (χ1n) is 3.84. The molecule has 0 aliphatic carbocycles. The van der Waals surface area contributed by atoms with Crippen molar-refractivity contribution in [1.29, 1.82) is 0 Å². The Morgan fingerprint density at radius 3 is 2.15 bits per heavy atom. The van der Waals surface area contributed by atoms with E-state index in [-0.39, 0.29) is 5.75 Å². The Balaban J connectivity index is 4.13. The molecule has 0 spiro atoms. The van der Waals surface area contributed by atoms with Crippen molar-refractivity contribution in [3.8, 4) is 0 Å². The van der Waals surface area contributed by atoms with Crippen LogP contribution < -0.4 is 5.73 Å². The van der Waals surface area contributed by atoms with Gasteiger partial charge in [0.05, 0.1) is 5.75 Å². The number of hydrogen-bond donors (Lipinski definition) is 1. The molecule has 1 amide bonds. The van der Waals surface area contributed by atoms with Crippen LogP contribution in [0.2, 0.25) is 25.7 Å². The van der Waals surface area contributed by atoms with Crippen LogP contribution in [0.1, 0.15) is 0 Å². The monoisotopic (exact) mass is 225 g/mol. The quantitative estimate of drug-likeness (QED) is 0.565. The zero-order valence-electron chi connectivity index (χ0n) is 8.03. The SMILES string of the molecule is C[Si](C)(C)CCS(=O)(=O)OC(N)=O. The largest absolute Gasteiger partial charge is 0.420 e. The molecule has 0 atom stereocenters. The summed E-state index contributed by atoms with van der Waals surface area (Å²) in [6, 6.07) is 0.558. The van der Waals surface area contributed by atoms with Gasteiger partial charge in [0, 0.05) is 8.07 Å². The van der Waals surface area contributed by atoms with Gasteiger partial charge < -0.3 is 9.92 Å². The average molecular weight is 225 g/mol. The first-order chi connectivity index (χ1) is 5.62. The number of rotatable bonds is 4. The molecule has 2 N–H and O–H groups in total. The lowest BCUT2D eigenvalue weighted by atomic mass is 11.0. The van der Waals surface area contributed by atoms with Crippen molar-refractivity contribution in [2.24, 2.45) is 5.73 Å². The molecule has 0 aromatic rings. The second kappa shape index (κ2) is 4.10. The van der Waals surface area contributed by atoms with Crippen molar-refractivity contribution in [2.75, 3.05) is 5.75 Å². The van der Waals surface area contributed by atoms with Crippen LogP contribution in [0.4, 0.5) is 4.79 Å². The molecule has 0 rings (SSSR count). The number of hydrogen-bond acceptors (Lipinski definition) is 4. The Hall–Kier alpha value is -0.563. The maximum absolute atomic E-state index is 11.0. The topological polar surface area (TPSA) is 86.5 Å². The van der Waals surface area contributed by atoms with Crippen LogP contribution in [0.5, 0.6) is 0 Å². The molecule has 78 valence electrons. The van der Waals surface area contributed by atoms with E-state index < -0.39 is 24.3 Å². The first-order valence-corrected chi connectivity index (χ1v) is 9.12. The molecule has 0 heterocycles. The van der Waals surface area contributed by atoms with E-state index in [1.54, 1.807) is 0 Å². The molecule has 0 aromatic carbocycles. The molecule has 0 aliphatic rings. The van der Waals surface area contributed by atoms with Gasteiger partial charge in [-0.3, -0.25) is 0 Å². The highest BCUT2D eigenvalue weighted by molar-refractivity contribution is 7.87. The molecule has 0 unspecified atom stereocenters. The van der Waals surface area contributed by atoms with Gasteiger partial charge in [0.25, 0.3) is 0 Å². The number of carbonyl (C=O) groups excluding carboxylic acids is 1. The van der Waals surface area contributed by atoms with Gasteiger partial charge in [-0.1, -0.05) is 19.6 Å². The molecular weight excluding hydrogens is 210 g/mol. The summed E-state index contributed by atoms with van der Waals surface area (Å²) in [6.45, 7) is 6.10. The second-order valence-corrected chi connectivity index (χ2v) is 11.3. The summed E-state index contributed by atoms with van der Waals surface area (Å²) in [5.41, 5.74) is 4.59. The van der Waals surface area contributed by atoms with Crippen LogP contribution in [0.3, 0.4) is 0 Å². The third kappa shape index (κ3) is 7.79. The third-order valence-electron chi connectivity index (χ3n) is 1.31. The second-order valence-electron chi connectivity index (χ2n) is 3.97. The Kier molecular flexibility index (Phi) is 3.92. The first kappa shape index (κ1) is 12.4. The van der Waals surface area contributed by atoms with Gasteiger partial charge in [-0.15, -0.1) is 0 Å². The number of primary amides is 1. The van der Waals surface area contributed by atoms with Crippen molar-refractivity contribution in [3.63, 3.8) is 0 Å². The van der Waals surface area contributed by atoms with Crippen LogP contribution in [0.25, 0.3) is 0 Å². The lowest BCUT2D eigenvalue weighted by Crippen LogP contribution is -2.27. The molecule has 0 fully saturated rings. The highest BCUT2D eigenvalue weighted by Crippen LogP contribution is 2.10. The van der Waals surface area contributed by atoms with Gasteiger partial charge in [-0.25, -0.2) is 4.79 Å². The fraction of sp³-hybridized carbons (Fsp3) is 0.833. The molecule has 0 saturated carbocycles. The van der Waals surface area contributed by atoms with Gasteiger partial charge in [0.2, 0.25) is 0 Å². The zero-order chi connectivity index (χ0) is 10.7. The van der Waals surface area contributed by atoms with Crippen molar-refractivity contribution < 1.29 is 17.4 Å². The summed E-state index contributed by atoms with van der Waals surface area (Å²) in [6.07, 6.45) is -1.27. The molecule has 0 radical (unpaired) electrons. The summed E-state index contributed by atoms with van der Waals surface area (Å²) >= 11 is 0. The van der Waals surface area contributed by atoms with E-state index in [4.69, 9.17) is 0 Å². The predicted octanol–water partition coefficient (Wildman–Crippen LogP) is 0.750. The van der Waals surface area contributed by atoms with E-state index in [1.807, 2.05) is 19.6 Å². The summed E-state index contributed by atoms with van der Waals surface area (Å²) in [5.74, 6) is -0.133. The Labute approximate surface area is 79.4 Å². The standard InChI is InChI=1S/C6H15NO4SSi/c1-13(2,3)5-4-12(9,10)11-6(7)8/h4-5H2,1-3H3,(H2,7,8). The van der Waals surface area contributed by atoms with E-state index in [1.165, 1.54) is 0 Å². The molecule has 0 aromatic heterocycles. The van der Waals surface area contributed by atoms with Crippen LogP contribution >= 0.6 is 0 Å². The van der Waals surface area contributed by atoms with Gasteiger partial charge in [0.15, 0.2) is 0 Å². The van der Waals surface area contributed by atoms with E-state index in [2.05, 4.69) is 9.92 Å². The maximum atomic E-state index is 11.0. The van der Waals surface area contributed by atoms with Gasteiger partial charge in [-0.05, 0) is 6.04 Å². The van der Waals surface area contributed by atoms with Crippen LogP contribution in [-0.2, 0) is 14.3 Å². The zero-order valence-corrected chi connectivity index (χ0v) is 9.85. The molecule has 7 heteroatoms. The molecule has 0 aliphatic heterocycles. The minimum atomic E-state index is -3.75. The van der Waals surface area contributed by atoms with Crippen LogP contribution in [0.15, 0.2) is 0 Å². The summed E-state index contributed by atoms with van der Waals surface area (Å²) in [4.78, 5) is 10.2. The Morgan fingerprint density at radius 1 is 1.38 bits per heavy atom. The summed E-state index contributed by atoms with van der Waals surface area (Å²) in [5, 5.41) is 0. The Bertz CT molecular complexity index is 279. The van der Waals surface area contributed by atoms with Crippen LogP contribution in [-0.4, -0.2) is 28.3 Å². The average Bonchev–Trinajstić information content (AvgIpc) is 1.79. The third-order valence-corrected chi connectivity index (χ3v) is 4.55. The molecule has 5 nitrogen and oxygen atoms in total. The van der Waals surface area contributed by atoms with E-state index in [0.717, 1.165) is 0 Å². The van der Waals surface area contributed by atoms with Gasteiger partial charge in [0.1, 0.15) is 0 Å².